The van der Waals surface area contributed by atoms with E-state index >= 15 is 0 Å². The number of hydrogen-bond donors (Lipinski definition) is 0. The Labute approximate surface area is 152 Å². The third kappa shape index (κ3) is 11.7. The van der Waals surface area contributed by atoms with Crippen LogP contribution >= 0.6 is 0 Å². The van der Waals surface area contributed by atoms with Crippen molar-refractivity contribution in [3.63, 3.8) is 0 Å². The molecule has 0 aliphatic heterocycles. The maximum absolute atomic E-state index is 12.3. The van der Waals surface area contributed by atoms with Crippen LogP contribution in [0.3, 0.4) is 0 Å². The van der Waals surface area contributed by atoms with E-state index in [4.69, 9.17) is 4.74 Å². The maximum atomic E-state index is 12.3. The normalized spacial score (nSPS) is 11.3. The molecule has 0 spiro atoms. The number of hydrogen-bond acceptors (Lipinski definition) is 4. The van der Waals surface area contributed by atoms with Crippen molar-refractivity contribution in [2.45, 2.75) is 26.4 Å². The minimum Gasteiger partial charge on any atom is -0.468 e. The third-order valence-corrected chi connectivity index (χ3v) is 1.63. The summed E-state index contributed by atoms with van der Waals surface area (Å²) in [5.74, 6) is -0.944. The molecular weight excluding hydrogens is 293 g/mol. The molecule has 0 aromatic rings. The quantitative estimate of drug-likeness (QED) is 0.483. The predicted octanol–water partition coefficient (Wildman–Crippen LogP) is -1.21. The van der Waals surface area contributed by atoms with E-state index < -0.39 is 37.6 Å². The van der Waals surface area contributed by atoms with E-state index in [1.54, 1.807) is 0 Å². The SMILES string of the molecule is COC(=O)CN(C[B-](F)(F)F)C(=O)OC(C)(C)C.[K+]. The number of methoxy groups -OCH3 is 1. The van der Waals surface area contributed by atoms with Crippen LogP contribution in [0.2, 0.25) is 0 Å². The molecule has 0 unspecified atom stereocenters. The molecule has 0 saturated carbocycles. The second kappa shape index (κ2) is 8.50. The van der Waals surface area contributed by atoms with Crippen LogP contribution < -0.4 is 51.4 Å². The van der Waals surface area contributed by atoms with Crippen molar-refractivity contribution >= 4 is 19.0 Å². The van der Waals surface area contributed by atoms with Gasteiger partial charge in [-0.2, -0.15) is 0 Å². The van der Waals surface area contributed by atoms with Gasteiger partial charge in [0.2, 0.25) is 0 Å². The Morgan fingerprint density at radius 3 is 2.00 bits per heavy atom. The number of ether oxygens (including phenoxy) is 2. The summed E-state index contributed by atoms with van der Waals surface area (Å²) in [5, 5.41) is 0. The van der Waals surface area contributed by atoms with E-state index in [0.717, 1.165) is 7.11 Å². The number of halogens is 3. The zero-order valence-corrected chi connectivity index (χ0v) is 14.8. The molecule has 0 N–H and O–H groups in total. The molecule has 19 heavy (non-hydrogen) atoms. The Bertz CT molecular complexity index is 320. The number of esters is 1. The second-order valence-electron chi connectivity index (χ2n) is 4.65. The van der Waals surface area contributed by atoms with Crippen LogP contribution in [-0.4, -0.2) is 49.6 Å². The molecule has 0 saturated heterocycles. The van der Waals surface area contributed by atoms with Gasteiger partial charge in [0.25, 0.3) is 0 Å². The van der Waals surface area contributed by atoms with Gasteiger partial charge in [-0.15, -0.1) is 0 Å². The molecule has 0 aromatic heterocycles. The standard InChI is InChI=1S/C9H16BF3NO4.K/c1-9(2,3)18-8(16)14(5-7(15)17-4)6-10(11,12)13;/h5-6H2,1-4H3;/q-1;+1. The minimum absolute atomic E-state index is 0. The van der Waals surface area contributed by atoms with Crippen LogP contribution in [0, 0.1) is 0 Å². The molecule has 0 fully saturated rings. The van der Waals surface area contributed by atoms with Gasteiger partial charge in [0, 0.05) is 0 Å². The Hall–Kier alpha value is 0.231. The van der Waals surface area contributed by atoms with E-state index in [2.05, 4.69) is 4.74 Å². The summed E-state index contributed by atoms with van der Waals surface area (Å²) >= 11 is 0. The van der Waals surface area contributed by atoms with Gasteiger partial charge < -0.3 is 27.3 Å². The molecular formula is C9H16BF3KNO4. The van der Waals surface area contributed by atoms with Gasteiger partial charge in [0.15, 0.2) is 0 Å². The molecule has 0 aliphatic carbocycles. The third-order valence-electron chi connectivity index (χ3n) is 1.63. The summed E-state index contributed by atoms with van der Waals surface area (Å²) < 4.78 is 45.9. The number of nitrogens with zero attached hydrogens (tertiary/aromatic N) is 1. The molecule has 5 nitrogen and oxygen atoms in total. The first-order chi connectivity index (χ1) is 7.94. The smallest absolute Gasteiger partial charge is 0.468 e. The number of amides is 1. The van der Waals surface area contributed by atoms with Gasteiger partial charge in [-0.25, -0.2) is 4.79 Å². The Morgan fingerprint density at radius 2 is 1.68 bits per heavy atom. The van der Waals surface area contributed by atoms with Gasteiger partial charge >= 0.3 is 70.4 Å². The summed E-state index contributed by atoms with van der Waals surface area (Å²) in [4.78, 5) is 22.7. The van der Waals surface area contributed by atoms with Crippen molar-refractivity contribution in [1.29, 1.82) is 0 Å². The fourth-order valence-corrected chi connectivity index (χ4v) is 1.00. The van der Waals surface area contributed by atoms with Crippen molar-refractivity contribution in [2.24, 2.45) is 0 Å². The van der Waals surface area contributed by atoms with Crippen molar-refractivity contribution in [2.75, 3.05) is 20.1 Å². The van der Waals surface area contributed by atoms with Crippen molar-refractivity contribution < 1.29 is 83.4 Å². The summed E-state index contributed by atoms with van der Waals surface area (Å²) in [6.45, 7) is -1.51. The molecule has 0 atom stereocenters. The summed E-state index contributed by atoms with van der Waals surface area (Å²) in [7, 11) is 1.02. The van der Waals surface area contributed by atoms with Crippen LogP contribution in [0.1, 0.15) is 20.8 Å². The monoisotopic (exact) mass is 309 g/mol. The molecule has 10 heteroatoms. The predicted molar refractivity (Wildman–Crippen MR) is 58.9 cm³/mol. The first-order valence-electron chi connectivity index (χ1n) is 5.20. The van der Waals surface area contributed by atoms with Crippen LogP contribution in [0.4, 0.5) is 17.7 Å². The van der Waals surface area contributed by atoms with Gasteiger partial charge in [0.05, 0.1) is 7.11 Å². The fraction of sp³-hybridized carbons (Fsp3) is 0.778. The average Bonchev–Trinajstić information content (AvgIpc) is 2.11. The Kier molecular flexibility index (Phi) is 9.63. The average molecular weight is 309 g/mol. The zero-order valence-electron chi connectivity index (χ0n) is 11.7. The molecule has 0 radical (unpaired) electrons. The van der Waals surface area contributed by atoms with Gasteiger partial charge in [-0.3, -0.25) is 4.79 Å². The van der Waals surface area contributed by atoms with Gasteiger partial charge in [-0.05, 0) is 27.2 Å². The van der Waals surface area contributed by atoms with E-state index in [-0.39, 0.29) is 56.3 Å². The first kappa shape index (κ1) is 21.5. The molecule has 0 bridgehead atoms. The fourth-order valence-electron chi connectivity index (χ4n) is 1.00. The minimum atomic E-state index is -5.25. The number of carbonyl (C=O) groups is 2. The Morgan fingerprint density at radius 1 is 1.21 bits per heavy atom. The van der Waals surface area contributed by atoms with Gasteiger partial charge in [-0.1, -0.05) is 0 Å². The van der Waals surface area contributed by atoms with Crippen LogP contribution in [0.5, 0.6) is 0 Å². The van der Waals surface area contributed by atoms with E-state index in [1.165, 1.54) is 20.8 Å². The first-order valence-corrected chi connectivity index (χ1v) is 5.20. The molecule has 0 heterocycles. The van der Waals surface area contributed by atoms with Crippen molar-refractivity contribution in [3.05, 3.63) is 0 Å². The molecule has 0 aliphatic rings. The molecule has 106 valence electrons. The summed E-state index contributed by atoms with van der Waals surface area (Å²) in [6.07, 6.45) is -2.71. The van der Waals surface area contributed by atoms with Crippen molar-refractivity contribution in [3.8, 4) is 0 Å². The van der Waals surface area contributed by atoms with Crippen LogP contribution in [0.15, 0.2) is 0 Å². The van der Waals surface area contributed by atoms with E-state index in [9.17, 15) is 22.5 Å². The van der Waals surface area contributed by atoms with E-state index in [1.807, 2.05) is 0 Å². The second-order valence-corrected chi connectivity index (χ2v) is 4.65. The largest absolute Gasteiger partial charge is 1.00 e. The van der Waals surface area contributed by atoms with Crippen molar-refractivity contribution in [1.82, 2.24) is 4.90 Å². The number of rotatable bonds is 4. The number of carbonyl (C=O) groups excluding carboxylic acids is 2. The van der Waals surface area contributed by atoms with Crippen LogP contribution in [0.25, 0.3) is 0 Å². The summed E-state index contributed by atoms with van der Waals surface area (Å²) in [6, 6.07) is 0. The zero-order chi connectivity index (χ0) is 14.6. The van der Waals surface area contributed by atoms with E-state index in [0.29, 0.717) is 0 Å². The molecule has 0 rings (SSSR count). The maximum Gasteiger partial charge on any atom is 1.00 e. The Balaban J connectivity index is 0. The molecule has 1 amide bonds. The molecule has 0 aromatic carbocycles. The van der Waals surface area contributed by atoms with Crippen LogP contribution in [-0.2, 0) is 14.3 Å². The summed E-state index contributed by atoms with van der Waals surface area (Å²) in [5.41, 5.74) is -0.940. The van der Waals surface area contributed by atoms with Gasteiger partial charge in [0.1, 0.15) is 12.1 Å². The topological polar surface area (TPSA) is 55.8 Å².